The summed E-state index contributed by atoms with van der Waals surface area (Å²) < 4.78 is 5.74. The highest BCUT2D eigenvalue weighted by Crippen LogP contribution is 2.32. The molecule has 2 aliphatic heterocycles. The molecular weight excluding hydrogens is 548 g/mol. The quantitative estimate of drug-likeness (QED) is 0.394. The number of nitrogens with zero attached hydrogens (tertiary/aromatic N) is 2. The SMILES string of the molecule is Cc1ccccc1CC(=O)C/C=C/C1CC(=O)NCc2nc(cs2)C2=N[C@@](C)(CS2)C(=O)N[C@@H](C(C)C)C(=O)O1. The van der Waals surface area contributed by atoms with Crippen molar-refractivity contribution in [1.82, 2.24) is 15.6 Å². The number of thioether (sulfide) groups is 1. The highest BCUT2D eigenvalue weighted by atomic mass is 32.2. The lowest BCUT2D eigenvalue weighted by Crippen LogP contribution is -2.53. The zero-order valence-corrected chi connectivity index (χ0v) is 24.7. The number of allylic oxidation sites excluding steroid dienone is 1. The van der Waals surface area contributed by atoms with E-state index in [0.29, 0.717) is 27.9 Å². The number of carbonyl (C=O) groups excluding carboxylic acids is 4. The van der Waals surface area contributed by atoms with E-state index in [1.807, 2.05) is 50.4 Å². The number of aryl methyl sites for hydroxylation is 1. The van der Waals surface area contributed by atoms with Crippen molar-refractivity contribution in [1.29, 1.82) is 0 Å². The first-order valence-corrected chi connectivity index (χ1v) is 15.1. The van der Waals surface area contributed by atoms with Crippen molar-refractivity contribution in [3.05, 3.63) is 63.6 Å². The molecular formula is C29H34N4O5S2. The van der Waals surface area contributed by atoms with E-state index < -0.39 is 23.7 Å². The lowest BCUT2D eigenvalue weighted by atomic mass is 10.00. The monoisotopic (exact) mass is 582 g/mol. The van der Waals surface area contributed by atoms with E-state index in [-0.39, 0.29) is 42.9 Å². The van der Waals surface area contributed by atoms with Gasteiger partial charge >= 0.3 is 5.97 Å². The molecule has 2 aliphatic rings. The third kappa shape index (κ3) is 7.45. The molecule has 0 aliphatic carbocycles. The molecule has 2 N–H and O–H groups in total. The molecule has 0 spiro atoms. The van der Waals surface area contributed by atoms with Crippen molar-refractivity contribution in [2.75, 3.05) is 5.75 Å². The summed E-state index contributed by atoms with van der Waals surface area (Å²) in [4.78, 5) is 61.2. The Bertz CT molecular complexity index is 1350. The van der Waals surface area contributed by atoms with Gasteiger partial charge in [0.2, 0.25) is 11.8 Å². The van der Waals surface area contributed by atoms with Crippen LogP contribution in [-0.2, 0) is 36.9 Å². The van der Waals surface area contributed by atoms with Gasteiger partial charge in [0, 0.05) is 24.0 Å². The molecule has 0 radical (unpaired) electrons. The molecule has 9 nitrogen and oxygen atoms in total. The number of carbonyl (C=O) groups is 4. The number of fused-ring (bicyclic) bond motifs is 4. The molecule has 2 amide bonds. The molecule has 4 rings (SSSR count). The van der Waals surface area contributed by atoms with E-state index >= 15 is 0 Å². The van der Waals surface area contributed by atoms with Gasteiger partial charge in [0.15, 0.2) is 0 Å². The lowest BCUT2D eigenvalue weighted by molar-refractivity contribution is -0.153. The number of rotatable bonds is 6. The maximum Gasteiger partial charge on any atom is 0.329 e. The molecule has 11 heteroatoms. The van der Waals surface area contributed by atoms with Crippen LogP contribution < -0.4 is 10.6 Å². The number of ketones is 1. The van der Waals surface area contributed by atoms with Crippen molar-refractivity contribution in [3.63, 3.8) is 0 Å². The Balaban J connectivity index is 1.53. The molecule has 1 aromatic carbocycles. The predicted molar refractivity (Wildman–Crippen MR) is 156 cm³/mol. The highest BCUT2D eigenvalue weighted by Gasteiger charge is 2.41. The molecule has 2 aromatic rings. The number of ether oxygens (including phenoxy) is 1. The number of amides is 2. The molecule has 212 valence electrons. The summed E-state index contributed by atoms with van der Waals surface area (Å²) in [6, 6.07) is 6.78. The molecule has 40 heavy (non-hydrogen) atoms. The minimum Gasteiger partial charge on any atom is -0.456 e. The molecule has 1 unspecified atom stereocenters. The third-order valence-corrected chi connectivity index (χ3v) is 8.87. The van der Waals surface area contributed by atoms with Gasteiger partial charge in [0.25, 0.3) is 0 Å². The Kier molecular flexibility index (Phi) is 9.57. The first kappa shape index (κ1) is 29.7. The van der Waals surface area contributed by atoms with Gasteiger partial charge in [-0.3, -0.25) is 19.4 Å². The molecule has 3 heterocycles. The fourth-order valence-electron chi connectivity index (χ4n) is 4.27. The number of nitrogens with one attached hydrogen (secondary N) is 2. The van der Waals surface area contributed by atoms with Gasteiger partial charge < -0.3 is 15.4 Å². The Morgan fingerprint density at radius 2 is 2.02 bits per heavy atom. The summed E-state index contributed by atoms with van der Waals surface area (Å²) in [7, 11) is 0. The second-order valence-corrected chi connectivity index (χ2v) is 12.4. The van der Waals surface area contributed by atoms with Crippen LogP contribution in [0.3, 0.4) is 0 Å². The molecule has 4 bridgehead atoms. The Morgan fingerprint density at radius 3 is 2.77 bits per heavy atom. The molecule has 0 saturated heterocycles. The lowest BCUT2D eigenvalue weighted by Gasteiger charge is -2.27. The summed E-state index contributed by atoms with van der Waals surface area (Å²) in [5.74, 6) is -1.21. The Hall–Kier alpha value is -3.31. The van der Waals surface area contributed by atoms with E-state index in [2.05, 4.69) is 20.6 Å². The Labute approximate surface area is 242 Å². The summed E-state index contributed by atoms with van der Waals surface area (Å²) in [5, 5.41) is 8.87. The van der Waals surface area contributed by atoms with E-state index in [9.17, 15) is 19.2 Å². The molecule has 3 atom stereocenters. The van der Waals surface area contributed by atoms with E-state index in [4.69, 9.17) is 4.74 Å². The van der Waals surface area contributed by atoms with Gasteiger partial charge in [0.05, 0.1) is 13.0 Å². The van der Waals surface area contributed by atoms with Crippen LogP contribution in [0.15, 0.2) is 46.8 Å². The zero-order chi connectivity index (χ0) is 28.9. The predicted octanol–water partition coefficient (Wildman–Crippen LogP) is 3.53. The summed E-state index contributed by atoms with van der Waals surface area (Å²) in [6.45, 7) is 7.53. The first-order valence-electron chi connectivity index (χ1n) is 13.2. The van der Waals surface area contributed by atoms with Crippen molar-refractivity contribution in [3.8, 4) is 0 Å². The second-order valence-electron chi connectivity index (χ2n) is 10.5. The van der Waals surface area contributed by atoms with E-state index in [0.717, 1.165) is 11.1 Å². The fraction of sp³-hybridized carbons (Fsp3) is 0.448. The first-order chi connectivity index (χ1) is 19.0. The summed E-state index contributed by atoms with van der Waals surface area (Å²) in [6.07, 6.45) is 2.58. The Morgan fingerprint density at radius 1 is 1.25 bits per heavy atom. The molecule has 1 aromatic heterocycles. The van der Waals surface area contributed by atoms with Gasteiger partial charge in [0.1, 0.15) is 39.2 Å². The van der Waals surface area contributed by atoms with Crippen LogP contribution in [-0.4, -0.2) is 57.0 Å². The maximum absolute atomic E-state index is 13.3. The zero-order valence-electron chi connectivity index (χ0n) is 23.1. The smallest absolute Gasteiger partial charge is 0.329 e. The molecule has 0 fully saturated rings. The van der Waals surface area contributed by atoms with Crippen LogP contribution in [0, 0.1) is 12.8 Å². The number of benzene rings is 1. The fourth-order valence-corrected chi connectivity index (χ4v) is 6.20. The summed E-state index contributed by atoms with van der Waals surface area (Å²) >= 11 is 2.83. The van der Waals surface area contributed by atoms with Crippen LogP contribution in [0.1, 0.15) is 55.4 Å². The number of thiazole rings is 1. The highest BCUT2D eigenvalue weighted by molar-refractivity contribution is 8.14. The summed E-state index contributed by atoms with van der Waals surface area (Å²) in [5.41, 5.74) is 1.62. The van der Waals surface area contributed by atoms with Crippen LogP contribution in [0.4, 0.5) is 0 Å². The number of aliphatic imine (C=N–C) groups is 1. The number of hydrogen-bond donors (Lipinski definition) is 2. The van der Waals surface area contributed by atoms with Crippen molar-refractivity contribution >= 4 is 51.7 Å². The van der Waals surface area contributed by atoms with Gasteiger partial charge in [-0.15, -0.1) is 23.1 Å². The topological polar surface area (TPSA) is 127 Å². The van der Waals surface area contributed by atoms with E-state index in [1.54, 1.807) is 19.1 Å². The molecule has 0 saturated carbocycles. The van der Waals surface area contributed by atoms with Gasteiger partial charge in [-0.1, -0.05) is 44.2 Å². The van der Waals surface area contributed by atoms with Crippen molar-refractivity contribution in [2.24, 2.45) is 10.9 Å². The average Bonchev–Trinajstić information content (AvgIpc) is 3.54. The van der Waals surface area contributed by atoms with E-state index in [1.165, 1.54) is 23.1 Å². The minimum atomic E-state index is -1.06. The number of esters is 1. The van der Waals surface area contributed by atoms with Gasteiger partial charge in [-0.2, -0.15) is 0 Å². The second kappa shape index (κ2) is 12.9. The third-order valence-electron chi connectivity index (χ3n) is 6.74. The number of hydrogen-bond acceptors (Lipinski definition) is 9. The van der Waals surface area contributed by atoms with Crippen molar-refractivity contribution < 1.29 is 23.9 Å². The number of cyclic esters (lactones) is 1. The number of Topliss-reactive ketones (excluding diaryl/α,β-unsaturated/α-hetero) is 1. The number of aromatic nitrogens is 1. The van der Waals surface area contributed by atoms with Gasteiger partial charge in [-0.05, 0) is 37.0 Å². The van der Waals surface area contributed by atoms with Gasteiger partial charge in [-0.25, -0.2) is 9.78 Å². The minimum absolute atomic E-state index is 0.00373. The standard InChI is InChI=1S/C29H34N4O5S2/c1-17(2)25-27(36)38-21(11-7-10-20(34)12-19-9-6-5-8-18(19)3)13-23(35)30-14-24-31-22(15-39-24)26-33-29(4,16-40-26)28(37)32-25/h5-9,11,15,17,21,25H,10,12-14,16H2,1-4H3,(H,30,35)(H,32,37)/b11-7+/t21?,25-,29-/m0/s1. The maximum atomic E-state index is 13.3. The van der Waals surface area contributed by atoms with Crippen LogP contribution in [0.2, 0.25) is 0 Å². The normalized spacial score (nSPS) is 24.0. The largest absolute Gasteiger partial charge is 0.456 e. The van der Waals surface area contributed by atoms with Crippen LogP contribution in [0.25, 0.3) is 0 Å². The van der Waals surface area contributed by atoms with Crippen molar-refractivity contribution in [2.45, 2.75) is 71.2 Å². The van der Waals surface area contributed by atoms with Crippen LogP contribution >= 0.6 is 23.1 Å². The van der Waals surface area contributed by atoms with Crippen LogP contribution in [0.5, 0.6) is 0 Å². The average molecular weight is 583 g/mol.